The van der Waals surface area contributed by atoms with E-state index in [4.69, 9.17) is 5.73 Å². The second-order valence-corrected chi connectivity index (χ2v) is 5.22. The predicted molar refractivity (Wildman–Crippen MR) is 85.6 cm³/mol. The number of carbonyl (C=O) groups is 2. The SMILES string of the molecule is N[C@@H](Cc1ccccn1)C(=O)NC(Cc1ccccc1)C(=O)O. The largest absolute Gasteiger partial charge is 0.480 e. The molecule has 1 heterocycles. The van der Waals surface area contributed by atoms with E-state index in [2.05, 4.69) is 10.3 Å². The molecular formula is C17H19N3O3. The minimum absolute atomic E-state index is 0.207. The van der Waals surface area contributed by atoms with Gasteiger partial charge in [0.2, 0.25) is 5.91 Å². The maximum absolute atomic E-state index is 12.1. The number of pyridine rings is 1. The molecule has 0 aliphatic carbocycles. The molecule has 0 bridgehead atoms. The van der Waals surface area contributed by atoms with Gasteiger partial charge in [-0.25, -0.2) is 4.79 Å². The number of amides is 1. The topological polar surface area (TPSA) is 105 Å². The van der Waals surface area contributed by atoms with E-state index >= 15 is 0 Å². The summed E-state index contributed by atoms with van der Waals surface area (Å²) in [4.78, 5) is 27.6. The van der Waals surface area contributed by atoms with Crippen molar-refractivity contribution < 1.29 is 14.7 Å². The number of nitrogens with one attached hydrogen (secondary N) is 1. The molecule has 0 spiro atoms. The molecule has 0 aliphatic rings. The van der Waals surface area contributed by atoms with Crippen LogP contribution < -0.4 is 11.1 Å². The average molecular weight is 313 g/mol. The molecule has 0 fully saturated rings. The summed E-state index contributed by atoms with van der Waals surface area (Å²) in [6.07, 6.45) is 2.08. The van der Waals surface area contributed by atoms with Crippen LogP contribution in [-0.2, 0) is 22.4 Å². The molecule has 0 saturated carbocycles. The first-order valence-corrected chi connectivity index (χ1v) is 7.29. The fourth-order valence-corrected chi connectivity index (χ4v) is 2.17. The molecule has 120 valence electrons. The summed E-state index contributed by atoms with van der Waals surface area (Å²) in [7, 11) is 0. The van der Waals surface area contributed by atoms with E-state index < -0.39 is 24.0 Å². The van der Waals surface area contributed by atoms with Crippen molar-refractivity contribution in [3.63, 3.8) is 0 Å². The summed E-state index contributed by atoms with van der Waals surface area (Å²) in [6, 6.07) is 12.6. The predicted octanol–water partition coefficient (Wildman–Crippen LogP) is 0.763. The third-order valence-electron chi connectivity index (χ3n) is 3.39. The zero-order chi connectivity index (χ0) is 16.7. The van der Waals surface area contributed by atoms with E-state index in [0.29, 0.717) is 5.69 Å². The number of nitrogens with zero attached hydrogens (tertiary/aromatic N) is 1. The minimum atomic E-state index is -1.09. The van der Waals surface area contributed by atoms with Crippen LogP contribution in [0.1, 0.15) is 11.3 Å². The fraction of sp³-hybridized carbons (Fsp3) is 0.235. The Morgan fingerprint density at radius 1 is 1.09 bits per heavy atom. The number of carbonyl (C=O) groups excluding carboxylic acids is 1. The molecule has 2 atom stereocenters. The van der Waals surface area contributed by atoms with E-state index in [1.807, 2.05) is 36.4 Å². The van der Waals surface area contributed by atoms with Gasteiger partial charge in [0.1, 0.15) is 6.04 Å². The molecule has 6 nitrogen and oxygen atoms in total. The highest BCUT2D eigenvalue weighted by Gasteiger charge is 2.23. The lowest BCUT2D eigenvalue weighted by Crippen LogP contribution is -2.50. The summed E-state index contributed by atoms with van der Waals surface area (Å²) >= 11 is 0. The van der Waals surface area contributed by atoms with Crippen molar-refractivity contribution in [1.29, 1.82) is 0 Å². The van der Waals surface area contributed by atoms with Crippen LogP contribution in [0.5, 0.6) is 0 Å². The lowest BCUT2D eigenvalue weighted by molar-refractivity contribution is -0.141. The molecule has 1 aromatic carbocycles. The maximum Gasteiger partial charge on any atom is 0.326 e. The van der Waals surface area contributed by atoms with Crippen LogP contribution in [0.2, 0.25) is 0 Å². The normalized spacial score (nSPS) is 13.1. The summed E-state index contributed by atoms with van der Waals surface area (Å²) in [5.74, 6) is -1.59. The van der Waals surface area contributed by atoms with Crippen LogP contribution in [0.25, 0.3) is 0 Å². The quantitative estimate of drug-likeness (QED) is 0.700. The van der Waals surface area contributed by atoms with Gasteiger partial charge in [-0.15, -0.1) is 0 Å². The van der Waals surface area contributed by atoms with Gasteiger partial charge in [0.15, 0.2) is 0 Å². The van der Waals surface area contributed by atoms with Gasteiger partial charge in [-0.3, -0.25) is 9.78 Å². The van der Waals surface area contributed by atoms with Crippen molar-refractivity contribution in [1.82, 2.24) is 10.3 Å². The van der Waals surface area contributed by atoms with Crippen molar-refractivity contribution in [2.45, 2.75) is 24.9 Å². The molecule has 2 rings (SSSR count). The van der Waals surface area contributed by atoms with Crippen LogP contribution in [0.3, 0.4) is 0 Å². The van der Waals surface area contributed by atoms with E-state index in [9.17, 15) is 14.7 Å². The van der Waals surface area contributed by atoms with Crippen LogP contribution >= 0.6 is 0 Å². The Bertz CT molecular complexity index is 647. The molecule has 1 unspecified atom stereocenters. The zero-order valence-corrected chi connectivity index (χ0v) is 12.6. The van der Waals surface area contributed by atoms with Crippen LogP contribution in [0.4, 0.5) is 0 Å². The molecule has 1 aromatic heterocycles. The van der Waals surface area contributed by atoms with Crippen molar-refractivity contribution in [3.05, 3.63) is 66.0 Å². The summed E-state index contributed by atoms with van der Waals surface area (Å²) in [5.41, 5.74) is 7.36. The highest BCUT2D eigenvalue weighted by atomic mass is 16.4. The highest BCUT2D eigenvalue weighted by Crippen LogP contribution is 2.04. The number of hydrogen-bond acceptors (Lipinski definition) is 4. The minimum Gasteiger partial charge on any atom is -0.480 e. The van der Waals surface area contributed by atoms with Gasteiger partial charge in [-0.2, -0.15) is 0 Å². The van der Waals surface area contributed by atoms with Crippen molar-refractivity contribution >= 4 is 11.9 Å². The summed E-state index contributed by atoms with van der Waals surface area (Å²) in [5, 5.41) is 11.8. The lowest BCUT2D eigenvalue weighted by atomic mass is 10.0. The summed E-state index contributed by atoms with van der Waals surface area (Å²) in [6.45, 7) is 0. The number of hydrogen-bond donors (Lipinski definition) is 3. The smallest absolute Gasteiger partial charge is 0.326 e. The van der Waals surface area contributed by atoms with Gasteiger partial charge in [0.25, 0.3) is 0 Å². The first-order chi connectivity index (χ1) is 11.1. The fourth-order valence-electron chi connectivity index (χ4n) is 2.17. The van der Waals surface area contributed by atoms with Crippen molar-refractivity contribution in [2.24, 2.45) is 5.73 Å². The molecule has 6 heteroatoms. The van der Waals surface area contributed by atoms with Crippen LogP contribution in [0.15, 0.2) is 54.7 Å². The second-order valence-electron chi connectivity index (χ2n) is 5.22. The summed E-state index contributed by atoms with van der Waals surface area (Å²) < 4.78 is 0. The van der Waals surface area contributed by atoms with Gasteiger partial charge in [-0.05, 0) is 17.7 Å². The van der Waals surface area contributed by atoms with Gasteiger partial charge in [-0.1, -0.05) is 36.4 Å². The number of carboxylic acids is 1. The Labute approximate surface area is 134 Å². The molecule has 4 N–H and O–H groups in total. The number of aromatic nitrogens is 1. The second kappa shape index (κ2) is 8.05. The van der Waals surface area contributed by atoms with E-state index in [-0.39, 0.29) is 12.8 Å². The van der Waals surface area contributed by atoms with E-state index in [1.54, 1.807) is 18.3 Å². The Balaban J connectivity index is 1.96. The molecule has 0 saturated heterocycles. The Morgan fingerprint density at radius 3 is 2.39 bits per heavy atom. The van der Waals surface area contributed by atoms with Crippen molar-refractivity contribution in [3.8, 4) is 0 Å². The standard InChI is InChI=1S/C17H19N3O3/c18-14(11-13-8-4-5-9-19-13)16(21)20-15(17(22)23)10-12-6-2-1-3-7-12/h1-9,14-15H,10-11,18H2,(H,20,21)(H,22,23)/t14-,15?/m0/s1. The third-order valence-corrected chi connectivity index (χ3v) is 3.39. The number of rotatable bonds is 7. The number of benzene rings is 1. The molecule has 23 heavy (non-hydrogen) atoms. The van der Waals surface area contributed by atoms with Gasteiger partial charge in [0, 0.05) is 24.7 Å². The third kappa shape index (κ3) is 5.19. The number of nitrogens with two attached hydrogens (primary N) is 1. The maximum atomic E-state index is 12.1. The number of carboxylic acid groups (broad SMARTS) is 1. The molecule has 0 radical (unpaired) electrons. The van der Waals surface area contributed by atoms with Crippen LogP contribution in [0, 0.1) is 0 Å². The molecule has 0 aliphatic heterocycles. The molecule has 2 aromatic rings. The van der Waals surface area contributed by atoms with Gasteiger partial charge < -0.3 is 16.2 Å². The van der Waals surface area contributed by atoms with E-state index in [1.165, 1.54) is 0 Å². The Morgan fingerprint density at radius 2 is 1.78 bits per heavy atom. The van der Waals surface area contributed by atoms with Crippen molar-refractivity contribution in [2.75, 3.05) is 0 Å². The Kier molecular flexibility index (Phi) is 5.82. The first kappa shape index (κ1) is 16.6. The number of aliphatic carboxylic acids is 1. The van der Waals surface area contributed by atoms with Gasteiger partial charge in [0.05, 0.1) is 6.04 Å². The first-order valence-electron chi connectivity index (χ1n) is 7.29. The van der Waals surface area contributed by atoms with Crippen LogP contribution in [-0.4, -0.2) is 34.1 Å². The van der Waals surface area contributed by atoms with E-state index in [0.717, 1.165) is 5.56 Å². The Hall–Kier alpha value is -2.73. The van der Waals surface area contributed by atoms with Gasteiger partial charge >= 0.3 is 5.97 Å². The monoisotopic (exact) mass is 313 g/mol. The lowest BCUT2D eigenvalue weighted by Gasteiger charge is -2.18. The molecular weight excluding hydrogens is 294 g/mol. The zero-order valence-electron chi connectivity index (χ0n) is 12.6. The highest BCUT2D eigenvalue weighted by molar-refractivity contribution is 5.87. The average Bonchev–Trinajstić information content (AvgIpc) is 2.56. The molecule has 1 amide bonds.